The Labute approximate surface area is 195 Å². The van der Waals surface area contributed by atoms with Gasteiger partial charge in [0, 0.05) is 12.8 Å². The predicted octanol–water partition coefficient (Wildman–Crippen LogP) is 6.08. The third-order valence-electron chi connectivity index (χ3n) is 7.93. The van der Waals surface area contributed by atoms with Crippen LogP contribution in [0.4, 0.5) is 0 Å². The van der Waals surface area contributed by atoms with E-state index in [0.717, 1.165) is 50.0 Å². The summed E-state index contributed by atoms with van der Waals surface area (Å²) in [4.78, 5) is 24.0. The van der Waals surface area contributed by atoms with Gasteiger partial charge in [0.15, 0.2) is 0 Å². The highest BCUT2D eigenvalue weighted by atomic mass is 16.6. The first-order valence-corrected chi connectivity index (χ1v) is 13.5. The van der Waals surface area contributed by atoms with Crippen LogP contribution in [-0.4, -0.2) is 37.9 Å². The van der Waals surface area contributed by atoms with Gasteiger partial charge in [-0.1, -0.05) is 39.5 Å². The number of hydrogen-bond acceptors (Lipinski definition) is 5. The molecule has 5 heteroatoms. The van der Waals surface area contributed by atoms with Gasteiger partial charge in [-0.2, -0.15) is 0 Å². The molecule has 5 nitrogen and oxygen atoms in total. The molecule has 0 N–H and O–H groups in total. The van der Waals surface area contributed by atoms with Gasteiger partial charge in [0.05, 0.1) is 13.2 Å². The molecule has 0 aromatic carbocycles. The molecular formula is C27H46O5. The van der Waals surface area contributed by atoms with Gasteiger partial charge in [-0.25, -0.2) is 0 Å². The quantitative estimate of drug-likeness (QED) is 0.162. The zero-order chi connectivity index (χ0) is 22.8. The number of hydrogen-bond donors (Lipinski definition) is 0. The standard InChI is InChI=1S/C27H46O5/c1-3-8-21-15-16-22(9-7-12-27(29)31-17-20-13-14-20)25(24(21)4-2)10-5-6-11-26(28)32-19-23-18-30-23/h20-25H,3-19H2,1-2H3. The third-order valence-corrected chi connectivity index (χ3v) is 7.93. The van der Waals surface area contributed by atoms with Crippen molar-refractivity contribution in [3.8, 4) is 0 Å². The average Bonchev–Trinajstić information content (AvgIpc) is 3.70. The summed E-state index contributed by atoms with van der Waals surface area (Å²) < 4.78 is 15.8. The summed E-state index contributed by atoms with van der Waals surface area (Å²) in [7, 11) is 0. The first-order valence-electron chi connectivity index (χ1n) is 13.5. The van der Waals surface area contributed by atoms with Crippen molar-refractivity contribution < 1.29 is 23.8 Å². The van der Waals surface area contributed by atoms with Crippen molar-refractivity contribution in [2.24, 2.45) is 29.6 Å². The van der Waals surface area contributed by atoms with Crippen molar-refractivity contribution in [2.75, 3.05) is 19.8 Å². The smallest absolute Gasteiger partial charge is 0.305 e. The average molecular weight is 451 g/mol. The summed E-state index contributed by atoms with van der Waals surface area (Å²) in [5, 5.41) is 0. The van der Waals surface area contributed by atoms with Crippen LogP contribution in [0.1, 0.15) is 104 Å². The molecule has 2 saturated carbocycles. The Hall–Kier alpha value is -1.10. The molecule has 3 fully saturated rings. The molecule has 0 aromatic rings. The number of rotatable bonds is 16. The van der Waals surface area contributed by atoms with Crippen LogP contribution in [0.15, 0.2) is 0 Å². The molecule has 2 aliphatic carbocycles. The van der Waals surface area contributed by atoms with Crippen LogP contribution in [-0.2, 0) is 23.8 Å². The lowest BCUT2D eigenvalue weighted by Crippen LogP contribution is -2.34. The van der Waals surface area contributed by atoms with E-state index in [1.54, 1.807) is 0 Å². The molecule has 184 valence electrons. The summed E-state index contributed by atoms with van der Waals surface area (Å²) in [6.45, 7) is 6.45. The third kappa shape index (κ3) is 9.03. The van der Waals surface area contributed by atoms with Crippen molar-refractivity contribution in [3.63, 3.8) is 0 Å². The van der Waals surface area contributed by atoms with Crippen molar-refractivity contribution in [2.45, 2.75) is 110 Å². The van der Waals surface area contributed by atoms with Gasteiger partial charge in [0.1, 0.15) is 12.7 Å². The highest BCUT2D eigenvalue weighted by Crippen LogP contribution is 2.46. The summed E-state index contributed by atoms with van der Waals surface area (Å²) >= 11 is 0. The molecule has 0 amide bonds. The monoisotopic (exact) mass is 450 g/mol. The van der Waals surface area contributed by atoms with E-state index < -0.39 is 0 Å². The molecule has 0 aromatic heterocycles. The van der Waals surface area contributed by atoms with E-state index in [4.69, 9.17) is 14.2 Å². The Morgan fingerprint density at radius 1 is 0.781 bits per heavy atom. The lowest BCUT2D eigenvalue weighted by atomic mass is 9.62. The van der Waals surface area contributed by atoms with Crippen LogP contribution in [0.25, 0.3) is 0 Å². The number of esters is 2. The topological polar surface area (TPSA) is 65.1 Å². The van der Waals surface area contributed by atoms with Gasteiger partial charge in [0.25, 0.3) is 0 Å². The number of ether oxygens (including phenoxy) is 3. The molecule has 1 heterocycles. The van der Waals surface area contributed by atoms with E-state index in [-0.39, 0.29) is 18.0 Å². The van der Waals surface area contributed by atoms with Crippen molar-refractivity contribution in [1.82, 2.24) is 0 Å². The maximum absolute atomic E-state index is 12.1. The molecule has 1 aliphatic heterocycles. The fourth-order valence-corrected chi connectivity index (χ4v) is 5.88. The number of unbranched alkanes of at least 4 members (excludes halogenated alkanes) is 1. The summed E-state index contributed by atoms with van der Waals surface area (Å²) in [5.74, 6) is 3.62. The van der Waals surface area contributed by atoms with E-state index in [0.29, 0.717) is 37.9 Å². The summed E-state index contributed by atoms with van der Waals surface area (Å²) in [5.41, 5.74) is 0. The first-order chi connectivity index (χ1) is 15.6. The normalized spacial score (nSPS) is 29.5. The second-order valence-electron chi connectivity index (χ2n) is 10.5. The van der Waals surface area contributed by atoms with Gasteiger partial charge in [0.2, 0.25) is 0 Å². The second-order valence-corrected chi connectivity index (χ2v) is 10.5. The fraction of sp³-hybridized carbons (Fsp3) is 0.926. The minimum Gasteiger partial charge on any atom is -0.465 e. The highest BCUT2D eigenvalue weighted by molar-refractivity contribution is 5.69. The van der Waals surface area contributed by atoms with Crippen LogP contribution < -0.4 is 0 Å². The van der Waals surface area contributed by atoms with Gasteiger partial charge in [-0.15, -0.1) is 0 Å². The number of carbonyl (C=O) groups excluding carboxylic acids is 2. The molecule has 0 radical (unpaired) electrons. The van der Waals surface area contributed by atoms with E-state index in [2.05, 4.69) is 13.8 Å². The molecule has 0 spiro atoms. The molecule has 5 unspecified atom stereocenters. The van der Waals surface area contributed by atoms with Gasteiger partial charge >= 0.3 is 11.9 Å². The van der Waals surface area contributed by atoms with Crippen LogP contribution >= 0.6 is 0 Å². The zero-order valence-electron chi connectivity index (χ0n) is 20.5. The SMILES string of the molecule is CCCC1CCC(CCCC(=O)OCC2CC2)C(CCCCC(=O)OCC2CO2)C1CC. The molecular weight excluding hydrogens is 404 g/mol. The lowest BCUT2D eigenvalue weighted by molar-refractivity contribution is -0.145. The van der Waals surface area contributed by atoms with Crippen molar-refractivity contribution >= 4 is 11.9 Å². The Morgan fingerprint density at radius 3 is 2.06 bits per heavy atom. The Kier molecular flexibility index (Phi) is 10.8. The molecule has 1 saturated heterocycles. The summed E-state index contributed by atoms with van der Waals surface area (Å²) in [6.07, 6.45) is 15.5. The molecule has 32 heavy (non-hydrogen) atoms. The van der Waals surface area contributed by atoms with E-state index in [1.165, 1.54) is 51.4 Å². The fourth-order valence-electron chi connectivity index (χ4n) is 5.88. The Balaban J connectivity index is 1.41. The molecule has 5 atom stereocenters. The zero-order valence-corrected chi connectivity index (χ0v) is 20.5. The maximum Gasteiger partial charge on any atom is 0.305 e. The number of carbonyl (C=O) groups is 2. The molecule has 0 bridgehead atoms. The Morgan fingerprint density at radius 2 is 1.44 bits per heavy atom. The van der Waals surface area contributed by atoms with Crippen LogP contribution in [0.3, 0.4) is 0 Å². The predicted molar refractivity (Wildman–Crippen MR) is 125 cm³/mol. The second kappa shape index (κ2) is 13.6. The lowest BCUT2D eigenvalue weighted by Gasteiger charge is -2.44. The number of epoxide rings is 1. The van der Waals surface area contributed by atoms with Crippen LogP contribution in [0, 0.1) is 29.6 Å². The van der Waals surface area contributed by atoms with E-state index in [9.17, 15) is 9.59 Å². The highest BCUT2D eigenvalue weighted by Gasteiger charge is 2.37. The van der Waals surface area contributed by atoms with Gasteiger partial charge < -0.3 is 14.2 Å². The Bertz CT molecular complexity index is 568. The van der Waals surface area contributed by atoms with Crippen LogP contribution in [0.5, 0.6) is 0 Å². The van der Waals surface area contributed by atoms with Crippen molar-refractivity contribution in [3.05, 3.63) is 0 Å². The molecule has 3 aliphatic rings. The minimum atomic E-state index is -0.0821. The van der Waals surface area contributed by atoms with Gasteiger partial charge in [-0.3, -0.25) is 9.59 Å². The largest absolute Gasteiger partial charge is 0.465 e. The van der Waals surface area contributed by atoms with Crippen molar-refractivity contribution in [1.29, 1.82) is 0 Å². The molecule has 3 rings (SSSR count). The van der Waals surface area contributed by atoms with E-state index in [1.807, 2.05) is 0 Å². The maximum atomic E-state index is 12.1. The van der Waals surface area contributed by atoms with E-state index >= 15 is 0 Å². The summed E-state index contributed by atoms with van der Waals surface area (Å²) in [6, 6.07) is 0. The minimum absolute atomic E-state index is 0.00438. The first kappa shape index (κ1) is 25.5. The van der Waals surface area contributed by atoms with Gasteiger partial charge in [-0.05, 0) is 81.0 Å². The van der Waals surface area contributed by atoms with Crippen LogP contribution in [0.2, 0.25) is 0 Å².